The fourth-order valence-corrected chi connectivity index (χ4v) is 3.95. The summed E-state index contributed by atoms with van der Waals surface area (Å²) in [6, 6.07) is 15.9. The number of tetrazole rings is 1. The van der Waals surface area contributed by atoms with Gasteiger partial charge in [0, 0.05) is 12.6 Å². The summed E-state index contributed by atoms with van der Waals surface area (Å²) in [4.78, 5) is 17.7. The molecule has 1 heterocycles. The maximum Gasteiger partial charge on any atom is 0.368 e. The van der Waals surface area contributed by atoms with E-state index in [1.807, 2.05) is 37.3 Å². The van der Waals surface area contributed by atoms with Crippen LogP contribution in [-0.2, 0) is 18.5 Å². The van der Waals surface area contributed by atoms with Crippen LogP contribution in [0.4, 0.5) is 0 Å². The van der Waals surface area contributed by atoms with Crippen LogP contribution < -0.4 is 10.9 Å². The summed E-state index contributed by atoms with van der Waals surface area (Å²) in [6.45, 7) is 9.12. The Labute approximate surface area is 165 Å². The largest absolute Gasteiger partial charge is 0.391 e. The van der Waals surface area contributed by atoms with Crippen molar-refractivity contribution in [1.82, 2.24) is 19.8 Å². The van der Waals surface area contributed by atoms with Gasteiger partial charge in [0.25, 0.3) is 0 Å². The van der Waals surface area contributed by atoms with Crippen LogP contribution in [0, 0.1) is 0 Å². The van der Waals surface area contributed by atoms with Crippen LogP contribution in [0.1, 0.15) is 18.1 Å². The van der Waals surface area contributed by atoms with Gasteiger partial charge in [0.1, 0.15) is 6.61 Å². The molecule has 2 aromatic carbocycles. The normalized spacial score (nSPS) is 12.2. The van der Waals surface area contributed by atoms with Crippen molar-refractivity contribution < 1.29 is 4.84 Å². The van der Waals surface area contributed by atoms with E-state index in [0.29, 0.717) is 5.69 Å². The van der Waals surface area contributed by atoms with Crippen molar-refractivity contribution in [3.63, 3.8) is 0 Å². The molecule has 0 spiro atoms. The van der Waals surface area contributed by atoms with Gasteiger partial charge in [0.2, 0.25) is 0 Å². The number of para-hydroxylation sites is 1. The van der Waals surface area contributed by atoms with Crippen molar-refractivity contribution in [2.24, 2.45) is 12.2 Å². The summed E-state index contributed by atoms with van der Waals surface area (Å²) < 4.78 is 2.44. The molecule has 0 bridgehead atoms. The van der Waals surface area contributed by atoms with Crippen molar-refractivity contribution >= 4 is 19.0 Å². The van der Waals surface area contributed by atoms with Gasteiger partial charge >= 0.3 is 5.69 Å². The van der Waals surface area contributed by atoms with Gasteiger partial charge in [0.05, 0.1) is 19.5 Å². The predicted molar refractivity (Wildman–Crippen MR) is 113 cm³/mol. The Morgan fingerprint density at radius 1 is 1.11 bits per heavy atom. The standard InChI is InChI=1S/C20H25N5O2Si/c1-15(16-10-8-11-18(13-16)28(3,4)5)21-27-14-17-9-6-7-12-19(17)25-20(26)24(2)22-23-25/h6-13H,14H2,1-5H3. The van der Waals surface area contributed by atoms with Crippen LogP contribution in [0.25, 0.3) is 5.69 Å². The summed E-state index contributed by atoms with van der Waals surface area (Å²) in [5.41, 5.74) is 2.99. The number of hydrogen-bond acceptors (Lipinski definition) is 5. The van der Waals surface area contributed by atoms with E-state index < -0.39 is 8.07 Å². The Balaban J connectivity index is 1.79. The van der Waals surface area contributed by atoms with Gasteiger partial charge in [-0.1, -0.05) is 72.4 Å². The molecule has 146 valence electrons. The first-order chi connectivity index (χ1) is 13.3. The molecule has 0 N–H and O–H groups in total. The molecule has 0 saturated carbocycles. The van der Waals surface area contributed by atoms with Crippen molar-refractivity contribution in [2.45, 2.75) is 33.2 Å². The molecule has 0 aliphatic heterocycles. The molecule has 0 amide bonds. The number of nitrogens with zero attached hydrogens (tertiary/aromatic N) is 5. The minimum atomic E-state index is -1.39. The van der Waals surface area contributed by atoms with Crippen LogP contribution in [0.15, 0.2) is 58.5 Å². The number of rotatable bonds is 6. The molecular formula is C20H25N5O2Si. The summed E-state index contributed by atoms with van der Waals surface area (Å²) >= 11 is 0. The van der Waals surface area contributed by atoms with E-state index in [9.17, 15) is 4.79 Å². The second kappa shape index (κ2) is 7.93. The average molecular weight is 396 g/mol. The zero-order chi connectivity index (χ0) is 20.3. The highest BCUT2D eigenvalue weighted by Crippen LogP contribution is 2.13. The molecule has 0 radical (unpaired) electrons. The molecule has 28 heavy (non-hydrogen) atoms. The van der Waals surface area contributed by atoms with Crippen molar-refractivity contribution in [1.29, 1.82) is 0 Å². The average Bonchev–Trinajstić information content (AvgIpc) is 3.00. The molecule has 0 unspecified atom stereocenters. The van der Waals surface area contributed by atoms with Gasteiger partial charge in [-0.2, -0.15) is 9.36 Å². The molecule has 0 atom stereocenters. The third-order valence-electron chi connectivity index (χ3n) is 4.51. The van der Waals surface area contributed by atoms with E-state index in [0.717, 1.165) is 16.8 Å². The molecule has 0 aliphatic carbocycles. The molecule has 1 aromatic heterocycles. The lowest BCUT2D eigenvalue weighted by atomic mass is 10.1. The lowest BCUT2D eigenvalue weighted by molar-refractivity contribution is 0.130. The topological polar surface area (TPSA) is 74.3 Å². The number of hydrogen-bond donors (Lipinski definition) is 0. The first-order valence-corrected chi connectivity index (χ1v) is 12.6. The first-order valence-electron chi connectivity index (χ1n) is 9.12. The fraction of sp³-hybridized carbons (Fsp3) is 0.300. The summed E-state index contributed by atoms with van der Waals surface area (Å²) in [5, 5.41) is 13.3. The second-order valence-electron chi connectivity index (χ2n) is 7.71. The molecule has 7 nitrogen and oxygen atoms in total. The molecule has 0 aliphatic rings. The van der Waals surface area contributed by atoms with E-state index >= 15 is 0 Å². The smallest absolute Gasteiger partial charge is 0.368 e. The fourth-order valence-electron chi connectivity index (χ4n) is 2.77. The highest BCUT2D eigenvalue weighted by atomic mass is 28.3. The van der Waals surface area contributed by atoms with Crippen LogP contribution >= 0.6 is 0 Å². The molecule has 0 fully saturated rings. The van der Waals surface area contributed by atoms with Crippen LogP contribution in [0.5, 0.6) is 0 Å². The van der Waals surface area contributed by atoms with Crippen molar-refractivity contribution in [2.75, 3.05) is 0 Å². The summed E-state index contributed by atoms with van der Waals surface area (Å²) in [6.07, 6.45) is 0. The van der Waals surface area contributed by atoms with E-state index in [1.54, 1.807) is 7.05 Å². The molecule has 0 saturated heterocycles. The molecule has 3 aromatic rings. The molecular weight excluding hydrogens is 370 g/mol. The van der Waals surface area contributed by atoms with E-state index in [2.05, 4.69) is 53.4 Å². The Morgan fingerprint density at radius 3 is 2.54 bits per heavy atom. The van der Waals surface area contributed by atoms with Gasteiger partial charge in [-0.05, 0) is 29.0 Å². The number of benzene rings is 2. The predicted octanol–water partition coefficient (Wildman–Crippen LogP) is 2.45. The van der Waals surface area contributed by atoms with Gasteiger partial charge in [0.15, 0.2) is 0 Å². The maximum atomic E-state index is 12.1. The lowest BCUT2D eigenvalue weighted by Gasteiger charge is -2.17. The van der Waals surface area contributed by atoms with Crippen molar-refractivity contribution in [3.8, 4) is 5.69 Å². The zero-order valence-corrected chi connectivity index (χ0v) is 17.9. The van der Waals surface area contributed by atoms with Crippen molar-refractivity contribution in [3.05, 3.63) is 70.1 Å². The van der Waals surface area contributed by atoms with Gasteiger partial charge in [-0.15, -0.1) is 0 Å². The maximum absolute atomic E-state index is 12.1. The number of oxime groups is 1. The van der Waals surface area contributed by atoms with Gasteiger partial charge < -0.3 is 4.84 Å². The zero-order valence-electron chi connectivity index (χ0n) is 16.9. The minimum absolute atomic E-state index is 0.226. The Kier molecular flexibility index (Phi) is 5.60. The SMILES string of the molecule is CC(=NOCc1ccccc1-n1nnn(C)c1=O)c1cccc([Si](C)(C)C)c1. The first kappa shape index (κ1) is 19.8. The minimum Gasteiger partial charge on any atom is -0.391 e. The van der Waals surface area contributed by atoms with E-state index in [1.165, 1.54) is 14.6 Å². The van der Waals surface area contributed by atoms with E-state index in [4.69, 9.17) is 4.84 Å². The summed E-state index contributed by atoms with van der Waals surface area (Å²) in [7, 11) is 0.177. The Bertz CT molecular complexity index is 1060. The van der Waals surface area contributed by atoms with Crippen LogP contribution in [0.3, 0.4) is 0 Å². The van der Waals surface area contributed by atoms with Gasteiger partial charge in [-0.25, -0.2) is 4.79 Å². The monoisotopic (exact) mass is 395 g/mol. The third kappa shape index (κ3) is 4.28. The lowest BCUT2D eigenvalue weighted by Crippen LogP contribution is -2.37. The Hall–Kier alpha value is -3.00. The second-order valence-corrected chi connectivity index (χ2v) is 12.8. The quantitative estimate of drug-likeness (QED) is 0.365. The third-order valence-corrected chi connectivity index (χ3v) is 6.55. The van der Waals surface area contributed by atoms with E-state index in [-0.39, 0.29) is 12.3 Å². The van der Waals surface area contributed by atoms with Crippen LogP contribution in [-0.4, -0.2) is 33.6 Å². The van der Waals surface area contributed by atoms with Crippen LogP contribution in [0.2, 0.25) is 19.6 Å². The highest BCUT2D eigenvalue weighted by Gasteiger charge is 2.17. The molecule has 8 heteroatoms. The van der Waals surface area contributed by atoms with Gasteiger partial charge in [-0.3, -0.25) is 0 Å². The number of aryl methyl sites for hydroxylation is 1. The highest BCUT2D eigenvalue weighted by molar-refractivity contribution is 6.88. The number of aromatic nitrogens is 4. The molecule has 3 rings (SSSR count). The Morgan fingerprint density at radius 2 is 1.86 bits per heavy atom. The summed E-state index contributed by atoms with van der Waals surface area (Å²) in [5.74, 6) is 0.